The van der Waals surface area contributed by atoms with E-state index in [9.17, 15) is 4.79 Å². The fourth-order valence-electron chi connectivity index (χ4n) is 2.35. The predicted molar refractivity (Wildman–Crippen MR) is 106 cm³/mol. The first kappa shape index (κ1) is 19.1. The number of unbranched alkanes of at least 4 members (excludes halogenated alkanes) is 3. The SMILES string of the molecule is C=CC(=O)OCc1ccc(/N=C/c2ccc(CCCCCC)s2)cc1. The second-order valence-electron chi connectivity index (χ2n) is 5.85. The average molecular weight is 356 g/mol. The molecule has 1 aromatic carbocycles. The van der Waals surface area contributed by atoms with Gasteiger partial charge in [0.2, 0.25) is 0 Å². The monoisotopic (exact) mass is 355 g/mol. The van der Waals surface area contributed by atoms with E-state index >= 15 is 0 Å². The van der Waals surface area contributed by atoms with Gasteiger partial charge < -0.3 is 4.74 Å². The van der Waals surface area contributed by atoms with Crippen LogP contribution >= 0.6 is 11.3 Å². The van der Waals surface area contributed by atoms with E-state index in [1.807, 2.05) is 41.8 Å². The molecule has 2 rings (SSSR count). The number of nitrogens with zero attached hydrogens (tertiary/aromatic N) is 1. The van der Waals surface area contributed by atoms with Crippen LogP contribution < -0.4 is 0 Å². The van der Waals surface area contributed by atoms with Gasteiger partial charge in [0.25, 0.3) is 0 Å². The van der Waals surface area contributed by atoms with Crippen molar-refractivity contribution in [3.63, 3.8) is 0 Å². The third kappa shape index (κ3) is 7.06. The second kappa shape index (κ2) is 10.6. The molecule has 0 saturated heterocycles. The molecule has 0 aliphatic heterocycles. The zero-order valence-electron chi connectivity index (χ0n) is 14.7. The van der Waals surface area contributed by atoms with Gasteiger partial charge in [0, 0.05) is 22.0 Å². The molecule has 0 N–H and O–H groups in total. The average Bonchev–Trinajstić information content (AvgIpc) is 3.10. The third-order valence-corrected chi connectivity index (χ3v) is 4.86. The lowest BCUT2D eigenvalue weighted by Crippen LogP contribution is -1.99. The molecule has 0 atom stereocenters. The first-order valence-electron chi connectivity index (χ1n) is 8.72. The predicted octanol–water partition coefficient (Wildman–Crippen LogP) is 5.85. The van der Waals surface area contributed by atoms with Crippen molar-refractivity contribution in [1.29, 1.82) is 0 Å². The summed E-state index contributed by atoms with van der Waals surface area (Å²) in [5.41, 5.74) is 1.82. The molecule has 0 spiro atoms. The van der Waals surface area contributed by atoms with Crippen molar-refractivity contribution in [2.75, 3.05) is 0 Å². The highest BCUT2D eigenvalue weighted by Gasteiger charge is 2.00. The van der Waals surface area contributed by atoms with Crippen LogP contribution in [0.5, 0.6) is 0 Å². The van der Waals surface area contributed by atoms with Crippen LogP contribution in [0, 0.1) is 0 Å². The molecule has 0 radical (unpaired) electrons. The highest BCUT2D eigenvalue weighted by atomic mass is 32.1. The normalized spacial score (nSPS) is 10.9. The lowest BCUT2D eigenvalue weighted by Gasteiger charge is -2.02. The number of esters is 1. The van der Waals surface area contributed by atoms with Gasteiger partial charge in [-0.15, -0.1) is 11.3 Å². The van der Waals surface area contributed by atoms with Crippen LogP contribution in [0.2, 0.25) is 0 Å². The van der Waals surface area contributed by atoms with Crippen LogP contribution in [0.15, 0.2) is 54.0 Å². The van der Waals surface area contributed by atoms with Crippen molar-refractivity contribution in [3.05, 3.63) is 64.4 Å². The molecule has 25 heavy (non-hydrogen) atoms. The first-order chi connectivity index (χ1) is 12.2. The van der Waals surface area contributed by atoms with Crippen molar-refractivity contribution in [1.82, 2.24) is 0 Å². The van der Waals surface area contributed by atoms with E-state index in [0.29, 0.717) is 0 Å². The Bertz CT molecular complexity index is 701. The number of hydrogen-bond donors (Lipinski definition) is 0. The lowest BCUT2D eigenvalue weighted by molar-refractivity contribution is -0.138. The molecule has 0 amide bonds. The Morgan fingerprint density at radius 1 is 1.16 bits per heavy atom. The minimum Gasteiger partial charge on any atom is -0.458 e. The van der Waals surface area contributed by atoms with Gasteiger partial charge >= 0.3 is 5.97 Å². The highest BCUT2D eigenvalue weighted by Crippen LogP contribution is 2.19. The van der Waals surface area contributed by atoms with Crippen LogP contribution in [-0.2, 0) is 22.6 Å². The van der Waals surface area contributed by atoms with Crippen LogP contribution in [0.25, 0.3) is 0 Å². The largest absolute Gasteiger partial charge is 0.458 e. The van der Waals surface area contributed by atoms with Gasteiger partial charge in [0.1, 0.15) is 6.61 Å². The van der Waals surface area contributed by atoms with Gasteiger partial charge in [0.15, 0.2) is 0 Å². The number of rotatable bonds is 10. The van der Waals surface area contributed by atoms with Crippen molar-refractivity contribution < 1.29 is 9.53 Å². The minimum atomic E-state index is -0.412. The molecule has 132 valence electrons. The molecule has 3 nitrogen and oxygen atoms in total. The van der Waals surface area contributed by atoms with E-state index in [1.54, 1.807) is 0 Å². The Morgan fingerprint density at radius 3 is 2.68 bits per heavy atom. The van der Waals surface area contributed by atoms with E-state index in [2.05, 4.69) is 30.6 Å². The van der Waals surface area contributed by atoms with E-state index in [1.165, 1.54) is 35.4 Å². The fraction of sp³-hybridized carbons (Fsp3) is 0.333. The van der Waals surface area contributed by atoms with Crippen molar-refractivity contribution >= 4 is 29.2 Å². The molecule has 1 heterocycles. The minimum absolute atomic E-state index is 0.251. The van der Waals surface area contributed by atoms with Gasteiger partial charge in [0.05, 0.1) is 5.69 Å². The smallest absolute Gasteiger partial charge is 0.330 e. The fourth-order valence-corrected chi connectivity index (χ4v) is 3.28. The molecule has 2 aromatic rings. The summed E-state index contributed by atoms with van der Waals surface area (Å²) in [6.07, 6.45) is 9.41. The number of hydrogen-bond acceptors (Lipinski definition) is 4. The highest BCUT2D eigenvalue weighted by molar-refractivity contribution is 7.13. The number of aliphatic imine (C=N–C) groups is 1. The summed E-state index contributed by atoms with van der Waals surface area (Å²) in [5.74, 6) is -0.412. The van der Waals surface area contributed by atoms with Crippen molar-refractivity contribution in [2.24, 2.45) is 4.99 Å². The van der Waals surface area contributed by atoms with Crippen LogP contribution in [0.1, 0.15) is 47.9 Å². The Labute approximate surface area is 154 Å². The molecular weight excluding hydrogens is 330 g/mol. The molecular formula is C21H25NO2S. The molecule has 0 fully saturated rings. The molecule has 4 heteroatoms. The summed E-state index contributed by atoms with van der Waals surface area (Å²) in [6.45, 7) is 5.86. The summed E-state index contributed by atoms with van der Waals surface area (Å²) < 4.78 is 5.00. The van der Waals surface area contributed by atoms with Crippen LogP contribution in [0.4, 0.5) is 5.69 Å². The van der Waals surface area contributed by atoms with E-state index in [-0.39, 0.29) is 6.61 Å². The molecule has 0 unspecified atom stereocenters. The standard InChI is InChI=1S/C21H25NO2S/c1-3-5-6-7-8-19-13-14-20(25-19)15-22-18-11-9-17(10-12-18)16-24-21(23)4-2/h4,9-15H,2-3,5-8,16H2,1H3/b22-15+. The van der Waals surface area contributed by atoms with E-state index < -0.39 is 5.97 Å². The topological polar surface area (TPSA) is 38.7 Å². The maximum absolute atomic E-state index is 11.0. The Hall–Kier alpha value is -2.20. The summed E-state index contributed by atoms with van der Waals surface area (Å²) in [6, 6.07) is 12.0. The zero-order chi connectivity index (χ0) is 17.9. The first-order valence-corrected chi connectivity index (χ1v) is 9.54. The van der Waals surface area contributed by atoms with Gasteiger partial charge in [-0.2, -0.15) is 0 Å². The molecule has 0 aliphatic carbocycles. The van der Waals surface area contributed by atoms with Crippen molar-refractivity contribution in [2.45, 2.75) is 45.6 Å². The number of thiophene rings is 1. The van der Waals surface area contributed by atoms with Gasteiger partial charge in [-0.05, 0) is 42.7 Å². The molecule has 0 aliphatic rings. The van der Waals surface area contributed by atoms with Gasteiger partial charge in [-0.3, -0.25) is 4.99 Å². The molecule has 0 saturated carbocycles. The Balaban J connectivity index is 1.83. The second-order valence-corrected chi connectivity index (χ2v) is 7.05. The van der Waals surface area contributed by atoms with E-state index in [0.717, 1.165) is 23.7 Å². The summed E-state index contributed by atoms with van der Waals surface area (Å²) in [4.78, 5) is 18.2. The number of ether oxygens (including phenoxy) is 1. The number of aryl methyl sites for hydroxylation is 1. The zero-order valence-corrected chi connectivity index (χ0v) is 15.6. The Morgan fingerprint density at radius 2 is 1.96 bits per heavy atom. The summed E-state index contributed by atoms with van der Waals surface area (Å²) in [5, 5.41) is 0. The summed E-state index contributed by atoms with van der Waals surface area (Å²) >= 11 is 1.81. The molecule has 1 aromatic heterocycles. The lowest BCUT2D eigenvalue weighted by atomic mass is 10.1. The number of carbonyl (C=O) groups excluding carboxylic acids is 1. The quantitative estimate of drug-likeness (QED) is 0.232. The third-order valence-electron chi connectivity index (χ3n) is 3.78. The van der Waals surface area contributed by atoms with Crippen LogP contribution in [-0.4, -0.2) is 12.2 Å². The van der Waals surface area contributed by atoms with Crippen LogP contribution in [0.3, 0.4) is 0 Å². The van der Waals surface area contributed by atoms with Gasteiger partial charge in [-0.1, -0.05) is 44.9 Å². The maximum atomic E-state index is 11.0. The maximum Gasteiger partial charge on any atom is 0.330 e. The Kier molecular flexibility index (Phi) is 8.13. The van der Waals surface area contributed by atoms with Gasteiger partial charge in [-0.25, -0.2) is 4.79 Å². The molecule has 0 bridgehead atoms. The van der Waals surface area contributed by atoms with E-state index in [4.69, 9.17) is 4.74 Å². The number of carbonyl (C=O) groups is 1. The summed E-state index contributed by atoms with van der Waals surface area (Å²) in [7, 11) is 0. The number of benzene rings is 1. The van der Waals surface area contributed by atoms with Crippen molar-refractivity contribution in [3.8, 4) is 0 Å².